The Bertz CT molecular complexity index is 1260. The number of hydrogen-bond donors (Lipinski definition) is 2. The van der Waals surface area contributed by atoms with E-state index in [0.717, 1.165) is 18.0 Å². The summed E-state index contributed by atoms with van der Waals surface area (Å²) in [4.78, 5) is 29.7. The molecule has 0 bridgehead atoms. The summed E-state index contributed by atoms with van der Waals surface area (Å²) in [5.41, 5.74) is 1.30. The molecule has 0 aromatic heterocycles. The topological polar surface area (TPSA) is 128 Å². The summed E-state index contributed by atoms with van der Waals surface area (Å²) in [6, 6.07) is 10.5. The molecule has 0 atom stereocenters. The molecule has 1 amide bonds. The molecular weight excluding hydrogens is 414 g/mol. The highest BCUT2D eigenvalue weighted by molar-refractivity contribution is 8.15. The number of fused-ring (bicyclic) bond motifs is 3. The average Bonchev–Trinajstić information content (AvgIpc) is 3.02. The van der Waals surface area contributed by atoms with Crippen molar-refractivity contribution < 1.29 is 23.1 Å². The number of carboxylic acids is 1. The summed E-state index contributed by atoms with van der Waals surface area (Å²) in [5.74, 6) is -1.73. The third kappa shape index (κ3) is 3.36. The number of amidine groups is 2. The number of nitrogens with one attached hydrogen (secondary N) is 1. The number of sulfone groups is 1. The molecule has 2 aliphatic heterocycles. The van der Waals surface area contributed by atoms with Crippen LogP contribution < -0.4 is 4.90 Å². The van der Waals surface area contributed by atoms with Crippen molar-refractivity contribution in [1.82, 2.24) is 0 Å². The number of benzene rings is 2. The largest absolute Gasteiger partial charge is 0.478 e. The van der Waals surface area contributed by atoms with Gasteiger partial charge in [0, 0.05) is 11.2 Å². The summed E-state index contributed by atoms with van der Waals surface area (Å²) >= 11 is 1.13. The Labute approximate surface area is 170 Å². The second kappa shape index (κ2) is 6.68. The van der Waals surface area contributed by atoms with E-state index < -0.39 is 21.7 Å². The fourth-order valence-electron chi connectivity index (χ4n) is 2.92. The number of carbonyl (C=O) groups excluding carboxylic acids is 1. The number of rotatable bonds is 3. The summed E-state index contributed by atoms with van der Waals surface area (Å²) < 4.78 is 23.6. The van der Waals surface area contributed by atoms with Gasteiger partial charge < -0.3 is 5.11 Å². The number of hydrogen-bond acceptors (Lipinski definition) is 6. The number of carbonyl (C=O) groups is 2. The fourth-order valence-corrected chi connectivity index (χ4v) is 4.69. The van der Waals surface area contributed by atoms with Crippen LogP contribution in [0.5, 0.6) is 0 Å². The van der Waals surface area contributed by atoms with E-state index in [0.29, 0.717) is 21.3 Å². The molecule has 2 aliphatic rings. The zero-order valence-electron chi connectivity index (χ0n) is 14.9. The van der Waals surface area contributed by atoms with E-state index in [1.807, 2.05) is 0 Å². The Kier molecular flexibility index (Phi) is 4.39. The quantitative estimate of drug-likeness (QED) is 0.721. The maximum Gasteiger partial charge on any atom is 0.335 e. The predicted octanol–water partition coefficient (Wildman–Crippen LogP) is 2.66. The molecule has 10 heteroatoms. The molecular formula is C19H13N3O5S2. The maximum atomic E-state index is 12.5. The molecule has 2 aromatic carbocycles. The van der Waals surface area contributed by atoms with Crippen molar-refractivity contribution in [3.05, 3.63) is 59.2 Å². The van der Waals surface area contributed by atoms with Gasteiger partial charge >= 0.3 is 5.97 Å². The Morgan fingerprint density at radius 3 is 2.52 bits per heavy atom. The second-order valence-electron chi connectivity index (χ2n) is 6.37. The van der Waals surface area contributed by atoms with Crippen LogP contribution in [0.2, 0.25) is 0 Å². The van der Waals surface area contributed by atoms with Crippen LogP contribution in [0.3, 0.4) is 0 Å². The van der Waals surface area contributed by atoms with Gasteiger partial charge in [0.2, 0.25) is 0 Å². The lowest BCUT2D eigenvalue weighted by Crippen LogP contribution is -2.39. The SMILES string of the molecule is CS(=O)(=O)c1ccc2c(c1)SC1=NC(=O)C(=Cc3ccc(C(=O)O)cc3)C(=N)N12. The lowest BCUT2D eigenvalue weighted by atomic mass is 10.1. The van der Waals surface area contributed by atoms with Crippen molar-refractivity contribution in [1.29, 1.82) is 5.41 Å². The van der Waals surface area contributed by atoms with Crippen LogP contribution in [-0.4, -0.2) is 42.7 Å². The highest BCUT2D eigenvalue weighted by Crippen LogP contribution is 2.44. The molecule has 0 saturated carbocycles. The van der Waals surface area contributed by atoms with E-state index >= 15 is 0 Å². The number of nitrogens with zero attached hydrogens (tertiary/aromatic N) is 2. The van der Waals surface area contributed by atoms with Crippen molar-refractivity contribution in [3.63, 3.8) is 0 Å². The van der Waals surface area contributed by atoms with E-state index in [1.54, 1.807) is 18.2 Å². The van der Waals surface area contributed by atoms with E-state index in [1.165, 1.54) is 35.2 Å². The zero-order valence-corrected chi connectivity index (χ0v) is 16.5. The lowest BCUT2D eigenvalue weighted by molar-refractivity contribution is -0.113. The van der Waals surface area contributed by atoms with Crippen LogP contribution in [0.4, 0.5) is 5.69 Å². The third-order valence-corrected chi connectivity index (χ3v) is 6.48. The standard InChI is InChI=1S/C19H13N3O5S2/c1-29(26,27)12-6-7-14-15(9-12)28-19-21-17(23)13(16(20)22(14)19)8-10-2-4-11(5-3-10)18(24)25/h2-9,20H,1H3,(H,24,25). The van der Waals surface area contributed by atoms with Crippen LogP contribution in [0.25, 0.3) is 6.08 Å². The smallest absolute Gasteiger partial charge is 0.335 e. The molecule has 0 unspecified atom stereocenters. The number of amides is 1. The van der Waals surface area contributed by atoms with Crippen molar-refractivity contribution >= 4 is 56.2 Å². The van der Waals surface area contributed by atoms with E-state index in [-0.39, 0.29) is 21.9 Å². The molecule has 29 heavy (non-hydrogen) atoms. The number of aromatic carboxylic acids is 1. The van der Waals surface area contributed by atoms with Gasteiger partial charge in [0.1, 0.15) is 5.84 Å². The van der Waals surface area contributed by atoms with Crippen molar-refractivity contribution in [2.75, 3.05) is 11.2 Å². The van der Waals surface area contributed by atoms with Crippen molar-refractivity contribution in [2.24, 2.45) is 4.99 Å². The first-order valence-electron chi connectivity index (χ1n) is 8.24. The Morgan fingerprint density at radius 1 is 1.21 bits per heavy atom. The molecule has 0 saturated heterocycles. The van der Waals surface area contributed by atoms with E-state index in [2.05, 4.69) is 4.99 Å². The highest BCUT2D eigenvalue weighted by Gasteiger charge is 2.37. The molecule has 146 valence electrons. The summed E-state index contributed by atoms with van der Waals surface area (Å²) in [5, 5.41) is 17.8. The van der Waals surface area contributed by atoms with Crippen LogP contribution in [-0.2, 0) is 14.6 Å². The second-order valence-corrected chi connectivity index (χ2v) is 9.40. The minimum absolute atomic E-state index is 0.0532. The fraction of sp³-hybridized carbons (Fsp3) is 0.0526. The summed E-state index contributed by atoms with van der Waals surface area (Å²) in [7, 11) is -3.39. The van der Waals surface area contributed by atoms with Gasteiger partial charge in [-0.1, -0.05) is 12.1 Å². The Balaban J connectivity index is 1.73. The monoisotopic (exact) mass is 427 g/mol. The van der Waals surface area contributed by atoms with Crippen LogP contribution in [0, 0.1) is 5.41 Å². The maximum absolute atomic E-state index is 12.5. The minimum atomic E-state index is -3.39. The van der Waals surface area contributed by atoms with Crippen LogP contribution in [0.1, 0.15) is 15.9 Å². The molecule has 2 N–H and O–H groups in total. The average molecular weight is 427 g/mol. The molecule has 0 aliphatic carbocycles. The number of aliphatic imine (C=N–C) groups is 1. The summed E-state index contributed by atoms with van der Waals surface area (Å²) in [6.07, 6.45) is 2.59. The van der Waals surface area contributed by atoms with Crippen LogP contribution in [0.15, 0.2) is 62.8 Å². The number of carboxylic acid groups (broad SMARTS) is 1. The zero-order chi connectivity index (χ0) is 20.9. The first-order chi connectivity index (χ1) is 13.6. The molecule has 0 radical (unpaired) electrons. The first kappa shape index (κ1) is 19.1. The highest BCUT2D eigenvalue weighted by atomic mass is 32.2. The predicted molar refractivity (Wildman–Crippen MR) is 109 cm³/mol. The first-order valence-corrected chi connectivity index (χ1v) is 10.9. The molecule has 4 rings (SSSR count). The van der Waals surface area contributed by atoms with Crippen molar-refractivity contribution in [2.45, 2.75) is 9.79 Å². The minimum Gasteiger partial charge on any atom is -0.478 e. The van der Waals surface area contributed by atoms with Gasteiger partial charge in [-0.15, -0.1) is 0 Å². The Morgan fingerprint density at radius 2 is 1.90 bits per heavy atom. The van der Waals surface area contributed by atoms with Gasteiger partial charge in [0.25, 0.3) is 5.91 Å². The Hall–Kier alpha value is -3.24. The van der Waals surface area contributed by atoms with Gasteiger partial charge in [-0.05, 0) is 53.7 Å². The molecule has 2 aromatic rings. The van der Waals surface area contributed by atoms with E-state index in [9.17, 15) is 18.0 Å². The summed E-state index contributed by atoms with van der Waals surface area (Å²) in [6.45, 7) is 0. The molecule has 8 nitrogen and oxygen atoms in total. The van der Waals surface area contributed by atoms with Crippen molar-refractivity contribution in [3.8, 4) is 0 Å². The van der Waals surface area contributed by atoms with Crippen LogP contribution >= 0.6 is 11.8 Å². The number of anilines is 1. The van der Waals surface area contributed by atoms with Gasteiger partial charge in [-0.3, -0.25) is 15.1 Å². The van der Waals surface area contributed by atoms with Gasteiger partial charge in [-0.25, -0.2) is 13.2 Å². The molecule has 0 spiro atoms. The normalized spacial score (nSPS) is 17.2. The van der Waals surface area contributed by atoms with E-state index in [4.69, 9.17) is 10.5 Å². The van der Waals surface area contributed by atoms with Gasteiger partial charge in [0.05, 0.1) is 21.7 Å². The number of thioether (sulfide) groups is 1. The third-order valence-electron chi connectivity index (χ3n) is 4.37. The lowest BCUT2D eigenvalue weighted by Gasteiger charge is -2.24. The van der Waals surface area contributed by atoms with Gasteiger partial charge in [0.15, 0.2) is 15.0 Å². The van der Waals surface area contributed by atoms with Gasteiger partial charge in [-0.2, -0.15) is 4.99 Å². The molecule has 2 heterocycles. The molecule has 0 fully saturated rings.